The predicted molar refractivity (Wildman–Crippen MR) is 112 cm³/mol. The van der Waals surface area contributed by atoms with Crippen molar-refractivity contribution in [3.8, 4) is 0 Å². The molecule has 1 unspecified atom stereocenters. The van der Waals surface area contributed by atoms with Gasteiger partial charge in [0.05, 0.1) is 42.4 Å². The normalized spacial score (nSPS) is 21.2. The van der Waals surface area contributed by atoms with Gasteiger partial charge >= 0.3 is 5.97 Å². The van der Waals surface area contributed by atoms with Crippen LogP contribution in [0, 0.1) is 0 Å². The Morgan fingerprint density at radius 2 is 2.10 bits per heavy atom. The second-order valence-electron chi connectivity index (χ2n) is 7.46. The molecule has 0 aliphatic carbocycles. The van der Waals surface area contributed by atoms with E-state index in [4.69, 9.17) is 9.47 Å². The van der Waals surface area contributed by atoms with Gasteiger partial charge in [-0.2, -0.15) is 5.10 Å². The standard InChI is InChI=1S/C22H23N5O3/c1-2-27-21-16(12-25-27)20(26-15-8-9-29-19(28)10-15)17(11-23-21)22-24-13-18(30-22)14-6-4-3-5-7-14/h3-7,11-12,15,18H,2,8-10,13H2,1H3,(H,23,26)/t15?,18-/m0/s1. The molecular weight excluding hydrogens is 382 g/mol. The minimum Gasteiger partial charge on any atom is -0.467 e. The van der Waals surface area contributed by atoms with Crippen molar-refractivity contribution in [2.24, 2.45) is 4.99 Å². The fraction of sp³-hybridized carbons (Fsp3) is 0.364. The highest BCUT2D eigenvalue weighted by atomic mass is 16.5. The highest BCUT2D eigenvalue weighted by Gasteiger charge is 2.28. The first-order valence-electron chi connectivity index (χ1n) is 10.3. The Labute approximate surface area is 173 Å². The molecule has 5 rings (SSSR count). The zero-order valence-electron chi connectivity index (χ0n) is 16.7. The maximum atomic E-state index is 11.8. The lowest BCUT2D eigenvalue weighted by atomic mass is 10.1. The van der Waals surface area contributed by atoms with Crippen LogP contribution in [0.5, 0.6) is 0 Å². The summed E-state index contributed by atoms with van der Waals surface area (Å²) in [6, 6.07) is 10.1. The van der Waals surface area contributed by atoms with Crippen molar-refractivity contribution in [3.05, 3.63) is 53.9 Å². The number of benzene rings is 1. The molecular formula is C22H23N5O3. The smallest absolute Gasteiger partial charge is 0.307 e. The topological polar surface area (TPSA) is 90.6 Å². The monoisotopic (exact) mass is 405 g/mol. The number of pyridine rings is 1. The van der Waals surface area contributed by atoms with Crippen LogP contribution in [0.25, 0.3) is 11.0 Å². The molecule has 1 saturated heterocycles. The Morgan fingerprint density at radius 3 is 2.90 bits per heavy atom. The van der Waals surface area contributed by atoms with Gasteiger partial charge in [-0.15, -0.1) is 0 Å². The van der Waals surface area contributed by atoms with Crippen LogP contribution < -0.4 is 5.32 Å². The van der Waals surface area contributed by atoms with Gasteiger partial charge in [-0.1, -0.05) is 30.3 Å². The number of hydrogen-bond acceptors (Lipinski definition) is 7. The maximum Gasteiger partial charge on any atom is 0.307 e. The predicted octanol–water partition coefficient (Wildman–Crippen LogP) is 3.09. The maximum absolute atomic E-state index is 11.8. The van der Waals surface area contributed by atoms with Crippen molar-refractivity contribution in [1.29, 1.82) is 0 Å². The van der Waals surface area contributed by atoms with Crippen LogP contribution >= 0.6 is 0 Å². The Kier molecular flexibility index (Phi) is 4.82. The van der Waals surface area contributed by atoms with E-state index in [1.54, 1.807) is 6.20 Å². The second-order valence-corrected chi connectivity index (χ2v) is 7.46. The number of nitrogens with one attached hydrogen (secondary N) is 1. The summed E-state index contributed by atoms with van der Waals surface area (Å²) in [5.74, 6) is 0.372. The highest BCUT2D eigenvalue weighted by Crippen LogP contribution is 2.33. The van der Waals surface area contributed by atoms with Crippen molar-refractivity contribution < 1.29 is 14.3 Å². The van der Waals surface area contributed by atoms with Gasteiger partial charge in [0.15, 0.2) is 5.65 Å². The Morgan fingerprint density at radius 1 is 1.23 bits per heavy atom. The molecule has 1 fully saturated rings. The van der Waals surface area contributed by atoms with Gasteiger partial charge in [0.25, 0.3) is 0 Å². The lowest BCUT2D eigenvalue weighted by Gasteiger charge is -2.25. The summed E-state index contributed by atoms with van der Waals surface area (Å²) in [6.45, 7) is 3.72. The van der Waals surface area contributed by atoms with Crippen molar-refractivity contribution in [1.82, 2.24) is 14.8 Å². The fourth-order valence-corrected chi connectivity index (χ4v) is 3.95. The van der Waals surface area contributed by atoms with E-state index in [9.17, 15) is 4.79 Å². The third-order valence-corrected chi connectivity index (χ3v) is 5.51. The molecule has 0 saturated carbocycles. The average Bonchev–Trinajstić information content (AvgIpc) is 3.42. The van der Waals surface area contributed by atoms with Crippen molar-refractivity contribution >= 4 is 28.6 Å². The average molecular weight is 405 g/mol. The quantitative estimate of drug-likeness (QED) is 0.656. The van der Waals surface area contributed by atoms with Crippen LogP contribution in [-0.4, -0.2) is 45.8 Å². The molecule has 0 bridgehead atoms. The third kappa shape index (κ3) is 3.38. The van der Waals surface area contributed by atoms with E-state index >= 15 is 0 Å². The molecule has 2 aliphatic rings. The van der Waals surface area contributed by atoms with Gasteiger partial charge in [0.1, 0.15) is 6.10 Å². The molecule has 2 aromatic heterocycles. The molecule has 2 atom stereocenters. The number of nitrogens with zero attached hydrogens (tertiary/aromatic N) is 4. The van der Waals surface area contributed by atoms with E-state index in [0.29, 0.717) is 25.5 Å². The van der Waals surface area contributed by atoms with Gasteiger partial charge in [0, 0.05) is 25.2 Å². The number of carbonyl (C=O) groups is 1. The number of rotatable bonds is 5. The number of esters is 1. The highest BCUT2D eigenvalue weighted by molar-refractivity contribution is 6.07. The van der Waals surface area contributed by atoms with E-state index in [-0.39, 0.29) is 18.1 Å². The number of anilines is 1. The molecule has 1 aromatic carbocycles. The zero-order chi connectivity index (χ0) is 20.5. The summed E-state index contributed by atoms with van der Waals surface area (Å²) in [6.07, 6.45) is 4.55. The van der Waals surface area contributed by atoms with Crippen LogP contribution in [0.4, 0.5) is 5.69 Å². The lowest BCUT2D eigenvalue weighted by Crippen LogP contribution is -2.31. The zero-order valence-corrected chi connectivity index (χ0v) is 16.7. The van der Waals surface area contributed by atoms with Crippen LogP contribution in [0.15, 0.2) is 47.7 Å². The first-order valence-corrected chi connectivity index (χ1v) is 10.3. The summed E-state index contributed by atoms with van der Waals surface area (Å²) in [5, 5.41) is 8.88. The van der Waals surface area contributed by atoms with Crippen LogP contribution in [0.1, 0.15) is 37.0 Å². The van der Waals surface area contributed by atoms with Crippen LogP contribution in [-0.2, 0) is 20.8 Å². The van der Waals surface area contributed by atoms with Crippen molar-refractivity contribution in [2.75, 3.05) is 18.5 Å². The van der Waals surface area contributed by atoms with E-state index in [0.717, 1.165) is 40.8 Å². The SMILES string of the molecule is CCn1ncc2c(NC3CCOC(=O)C3)c(C3=NC[C@@H](c4ccccc4)O3)cnc21. The molecule has 4 heterocycles. The number of aryl methyl sites for hydroxylation is 1. The van der Waals surface area contributed by atoms with Gasteiger partial charge in [-0.05, 0) is 12.5 Å². The molecule has 0 amide bonds. The number of aliphatic imine (C=N–C) groups is 1. The minimum atomic E-state index is -0.187. The molecule has 3 aromatic rings. The molecule has 0 spiro atoms. The van der Waals surface area contributed by atoms with E-state index in [1.807, 2.05) is 48.1 Å². The van der Waals surface area contributed by atoms with Crippen molar-refractivity contribution in [3.63, 3.8) is 0 Å². The molecule has 2 aliphatic heterocycles. The molecule has 8 heteroatoms. The number of ether oxygens (including phenoxy) is 2. The summed E-state index contributed by atoms with van der Waals surface area (Å²) in [5.41, 5.74) is 3.52. The van der Waals surface area contributed by atoms with E-state index in [1.165, 1.54) is 0 Å². The second kappa shape index (κ2) is 7.78. The third-order valence-electron chi connectivity index (χ3n) is 5.51. The number of aromatic nitrogens is 3. The Balaban J connectivity index is 1.50. The van der Waals surface area contributed by atoms with Gasteiger partial charge in [0.2, 0.25) is 5.90 Å². The number of hydrogen-bond donors (Lipinski definition) is 1. The number of fused-ring (bicyclic) bond motifs is 1. The van der Waals surface area contributed by atoms with Gasteiger partial charge in [-0.3, -0.25) is 4.79 Å². The molecule has 30 heavy (non-hydrogen) atoms. The minimum absolute atomic E-state index is 0.0208. The Bertz CT molecular complexity index is 1110. The summed E-state index contributed by atoms with van der Waals surface area (Å²) >= 11 is 0. The first kappa shape index (κ1) is 18.6. The summed E-state index contributed by atoms with van der Waals surface area (Å²) < 4.78 is 13.2. The van der Waals surface area contributed by atoms with E-state index in [2.05, 4.69) is 20.4 Å². The molecule has 8 nitrogen and oxygen atoms in total. The molecule has 0 radical (unpaired) electrons. The fourth-order valence-electron chi connectivity index (χ4n) is 3.95. The summed E-state index contributed by atoms with van der Waals surface area (Å²) in [4.78, 5) is 21.1. The van der Waals surface area contributed by atoms with Gasteiger partial charge < -0.3 is 14.8 Å². The number of cyclic esters (lactones) is 1. The van der Waals surface area contributed by atoms with Crippen LogP contribution in [0.3, 0.4) is 0 Å². The van der Waals surface area contributed by atoms with E-state index < -0.39 is 0 Å². The van der Waals surface area contributed by atoms with Crippen LogP contribution in [0.2, 0.25) is 0 Å². The first-order chi connectivity index (χ1) is 14.7. The largest absolute Gasteiger partial charge is 0.467 e. The molecule has 1 N–H and O–H groups in total. The van der Waals surface area contributed by atoms with Crippen molar-refractivity contribution in [2.45, 2.75) is 38.5 Å². The lowest BCUT2D eigenvalue weighted by molar-refractivity contribution is -0.147. The summed E-state index contributed by atoms with van der Waals surface area (Å²) in [7, 11) is 0. The number of carbonyl (C=O) groups excluding carboxylic acids is 1. The molecule has 154 valence electrons. The van der Waals surface area contributed by atoms with Gasteiger partial charge in [-0.25, -0.2) is 14.7 Å². The Hall–Kier alpha value is -3.42.